The lowest BCUT2D eigenvalue weighted by molar-refractivity contribution is -0.115. The molecule has 3 rings (SSSR count). The van der Waals surface area contributed by atoms with Gasteiger partial charge in [-0.05, 0) is 29.9 Å². The highest BCUT2D eigenvalue weighted by Crippen LogP contribution is 2.48. The minimum Gasteiger partial charge on any atom is -0.344 e. The average molecular weight is 400 g/mol. The van der Waals surface area contributed by atoms with Crippen LogP contribution in [0.4, 0.5) is 5.82 Å². The molecule has 2 N–H and O–H groups in total. The average Bonchev–Trinajstić information content (AvgIpc) is 3.10. The molecule has 1 aliphatic heterocycles. The number of aromatic amines is 1. The molecule has 1 amide bonds. The monoisotopic (exact) mass is 399 g/mol. The van der Waals surface area contributed by atoms with Crippen molar-refractivity contribution in [3.05, 3.63) is 54.7 Å². The van der Waals surface area contributed by atoms with Crippen LogP contribution in [-0.4, -0.2) is 50.3 Å². The number of nitrogens with zero attached hydrogens (tertiary/aromatic N) is 3. The molecule has 0 unspecified atom stereocenters. The van der Waals surface area contributed by atoms with Crippen molar-refractivity contribution >= 4 is 38.0 Å². The van der Waals surface area contributed by atoms with Crippen molar-refractivity contribution in [3.8, 4) is 0 Å². The summed E-state index contributed by atoms with van der Waals surface area (Å²) in [6.07, 6.45) is 14.2. The number of rotatable bonds is 5. The van der Waals surface area contributed by atoms with Gasteiger partial charge in [0, 0.05) is 18.9 Å². The predicted molar refractivity (Wildman–Crippen MR) is 116 cm³/mol. The van der Waals surface area contributed by atoms with Crippen LogP contribution in [0.1, 0.15) is 24.2 Å². The number of carbonyl (C=O) groups is 2. The lowest BCUT2D eigenvalue weighted by Gasteiger charge is -2.33. The van der Waals surface area contributed by atoms with Crippen LogP contribution in [-0.2, 0) is 4.79 Å². The van der Waals surface area contributed by atoms with Gasteiger partial charge in [0.2, 0.25) is 11.0 Å². The minimum absolute atomic E-state index is 0.119. The van der Waals surface area contributed by atoms with E-state index in [1.54, 1.807) is 18.6 Å². The Kier molecular flexibility index (Phi) is 5.42. The van der Waals surface area contributed by atoms with Gasteiger partial charge >= 0.3 is 0 Å². The highest BCUT2D eigenvalue weighted by Gasteiger charge is 2.29. The van der Waals surface area contributed by atoms with Crippen LogP contribution in [0.5, 0.6) is 0 Å². The van der Waals surface area contributed by atoms with Crippen molar-refractivity contribution in [1.29, 1.82) is 0 Å². The number of amides is 1. The molecule has 1 aliphatic rings. The van der Waals surface area contributed by atoms with E-state index in [4.69, 9.17) is 4.98 Å². The molecule has 7 nitrogen and oxygen atoms in total. The second-order valence-corrected chi connectivity index (χ2v) is 11.3. The first-order valence-electron chi connectivity index (χ1n) is 8.93. The zero-order valence-corrected chi connectivity index (χ0v) is 17.3. The van der Waals surface area contributed by atoms with E-state index < -0.39 is 10.0 Å². The Hall–Kier alpha value is -2.87. The van der Waals surface area contributed by atoms with Crippen LogP contribution in [0, 0.1) is 0 Å². The molecule has 148 valence electrons. The standard InChI is InChI=1S/C20H25N5O2S/c1-6-17(26)23-14-8-7-9-25(12-14)16-11-22-19-18(24-16)15(10-21-19)20(27)28(4,5)13(2)3/h6-8,10-13H,1,9H2,2-5H3,(H,21,22)(H,23,26). The van der Waals surface area contributed by atoms with Crippen LogP contribution in [0.25, 0.3) is 11.2 Å². The van der Waals surface area contributed by atoms with Crippen LogP contribution in [0.3, 0.4) is 0 Å². The second kappa shape index (κ2) is 7.63. The number of hydrogen-bond acceptors (Lipinski definition) is 5. The minimum atomic E-state index is -1.47. The molecule has 28 heavy (non-hydrogen) atoms. The summed E-state index contributed by atoms with van der Waals surface area (Å²) < 4.78 is 0. The van der Waals surface area contributed by atoms with E-state index in [-0.39, 0.29) is 16.3 Å². The smallest absolute Gasteiger partial charge is 0.247 e. The van der Waals surface area contributed by atoms with E-state index in [0.29, 0.717) is 34.8 Å². The largest absolute Gasteiger partial charge is 0.344 e. The Morgan fingerprint density at radius 1 is 1.39 bits per heavy atom. The second-order valence-electron chi connectivity index (χ2n) is 7.20. The third kappa shape index (κ3) is 3.73. The van der Waals surface area contributed by atoms with Crippen molar-refractivity contribution in [1.82, 2.24) is 20.3 Å². The molecule has 2 aromatic heterocycles. The number of H-pyrrole nitrogens is 1. The zero-order chi connectivity index (χ0) is 20.5. The lowest BCUT2D eigenvalue weighted by atomic mass is 10.3. The number of hydrogen-bond donors (Lipinski definition) is 2. The quantitative estimate of drug-likeness (QED) is 0.754. The first-order valence-corrected chi connectivity index (χ1v) is 11.4. The molecule has 0 atom stereocenters. The molecule has 0 fully saturated rings. The van der Waals surface area contributed by atoms with Gasteiger partial charge in [0.25, 0.3) is 0 Å². The molecule has 0 spiro atoms. The number of anilines is 1. The number of allylic oxidation sites excluding steroid dienone is 1. The summed E-state index contributed by atoms with van der Waals surface area (Å²) in [4.78, 5) is 38.7. The molecule has 0 bridgehead atoms. The first kappa shape index (κ1) is 19.9. The van der Waals surface area contributed by atoms with E-state index in [2.05, 4.69) is 35.7 Å². The molecule has 0 saturated heterocycles. The molecule has 0 aliphatic carbocycles. The van der Waals surface area contributed by atoms with E-state index in [9.17, 15) is 9.59 Å². The van der Waals surface area contributed by atoms with Gasteiger partial charge in [-0.3, -0.25) is 9.59 Å². The van der Waals surface area contributed by atoms with E-state index in [0.717, 1.165) is 0 Å². The van der Waals surface area contributed by atoms with Gasteiger partial charge in [-0.1, -0.05) is 26.5 Å². The van der Waals surface area contributed by atoms with Crippen molar-refractivity contribution in [2.75, 3.05) is 24.0 Å². The summed E-state index contributed by atoms with van der Waals surface area (Å²) in [6.45, 7) is 8.19. The number of aromatic nitrogens is 3. The molecule has 2 aromatic rings. The Morgan fingerprint density at radius 2 is 2.14 bits per heavy atom. The Morgan fingerprint density at radius 3 is 2.82 bits per heavy atom. The van der Waals surface area contributed by atoms with Crippen LogP contribution in [0.15, 0.2) is 49.1 Å². The summed E-state index contributed by atoms with van der Waals surface area (Å²) in [5.74, 6) is 0.324. The summed E-state index contributed by atoms with van der Waals surface area (Å²) in [6, 6.07) is 0. The molecule has 8 heteroatoms. The summed E-state index contributed by atoms with van der Waals surface area (Å²) in [5.41, 5.74) is 2.37. The van der Waals surface area contributed by atoms with Crippen molar-refractivity contribution in [2.45, 2.75) is 19.1 Å². The van der Waals surface area contributed by atoms with Crippen molar-refractivity contribution < 1.29 is 9.59 Å². The Balaban J connectivity index is 1.96. The molecular formula is C20H25N5O2S. The maximum atomic E-state index is 13.1. The van der Waals surface area contributed by atoms with Crippen LogP contribution >= 0.6 is 10.0 Å². The molecular weight excluding hydrogens is 374 g/mol. The van der Waals surface area contributed by atoms with Gasteiger partial charge in [-0.2, -0.15) is 10.0 Å². The fourth-order valence-electron chi connectivity index (χ4n) is 2.66. The fourth-order valence-corrected chi connectivity index (χ4v) is 3.81. The molecule has 0 radical (unpaired) electrons. The van der Waals surface area contributed by atoms with E-state index in [1.165, 1.54) is 6.08 Å². The van der Waals surface area contributed by atoms with Crippen LogP contribution < -0.4 is 10.2 Å². The maximum absolute atomic E-state index is 13.1. The molecule has 0 aromatic carbocycles. The topological polar surface area (TPSA) is 91.0 Å². The van der Waals surface area contributed by atoms with Crippen molar-refractivity contribution in [3.63, 3.8) is 0 Å². The van der Waals surface area contributed by atoms with E-state index >= 15 is 0 Å². The van der Waals surface area contributed by atoms with Gasteiger partial charge in [0.15, 0.2) is 11.5 Å². The van der Waals surface area contributed by atoms with Gasteiger partial charge in [0.05, 0.1) is 17.5 Å². The first-order chi connectivity index (χ1) is 13.2. The number of fused-ring (bicyclic) bond motifs is 1. The number of carbonyl (C=O) groups excluding carboxylic acids is 2. The third-order valence-corrected chi connectivity index (χ3v) is 8.42. The lowest BCUT2D eigenvalue weighted by Crippen LogP contribution is -2.27. The Bertz CT molecular complexity index is 1000. The van der Waals surface area contributed by atoms with Gasteiger partial charge in [0.1, 0.15) is 5.52 Å². The fraction of sp³-hybridized carbons (Fsp3) is 0.300. The predicted octanol–water partition coefficient (Wildman–Crippen LogP) is 3.09. The summed E-state index contributed by atoms with van der Waals surface area (Å²) >= 11 is 0. The summed E-state index contributed by atoms with van der Waals surface area (Å²) in [5, 5.41) is 3.12. The Labute approximate surface area is 165 Å². The number of nitrogens with one attached hydrogen (secondary N) is 2. The maximum Gasteiger partial charge on any atom is 0.247 e. The molecule has 0 saturated carbocycles. The van der Waals surface area contributed by atoms with Gasteiger partial charge < -0.3 is 15.2 Å². The highest BCUT2D eigenvalue weighted by atomic mass is 32.3. The van der Waals surface area contributed by atoms with Crippen LogP contribution in [0.2, 0.25) is 0 Å². The van der Waals surface area contributed by atoms with Crippen molar-refractivity contribution in [2.24, 2.45) is 0 Å². The van der Waals surface area contributed by atoms with E-state index in [1.807, 2.05) is 29.6 Å². The summed E-state index contributed by atoms with van der Waals surface area (Å²) in [7, 11) is -1.47. The highest BCUT2D eigenvalue weighted by molar-refractivity contribution is 8.45. The zero-order valence-electron chi connectivity index (χ0n) is 16.5. The van der Waals surface area contributed by atoms with Gasteiger partial charge in [-0.15, -0.1) is 0 Å². The SMILES string of the molecule is C=CC(=O)NC1=CN(c2cnc3[nH]cc(C(=O)S(C)(C)C(C)C)c3n2)CC=C1. The normalized spacial score (nSPS) is 14.9. The van der Waals surface area contributed by atoms with Gasteiger partial charge in [-0.25, -0.2) is 9.97 Å². The third-order valence-electron chi connectivity index (χ3n) is 4.89. The molecule has 3 heterocycles.